The lowest BCUT2D eigenvalue weighted by atomic mass is 9.98. The standard InChI is InChI=1S/C15H23FN2O/c1-11(9-12-5-3-4-8-17-12)18-13-6-7-14(16)15(10-13)19-2/h6-7,10-12,17-18H,3-5,8-9H2,1-2H3. The molecule has 3 nitrogen and oxygen atoms in total. The molecular weight excluding hydrogens is 243 g/mol. The number of hydrogen-bond donors (Lipinski definition) is 2. The Bertz CT molecular complexity index is 405. The lowest BCUT2D eigenvalue weighted by Gasteiger charge is -2.27. The normalized spacial score (nSPS) is 20.9. The van der Waals surface area contributed by atoms with Crippen LogP contribution >= 0.6 is 0 Å². The lowest BCUT2D eigenvalue weighted by Crippen LogP contribution is -2.37. The molecule has 1 aromatic carbocycles. The van der Waals surface area contributed by atoms with Crippen molar-refractivity contribution in [2.45, 2.75) is 44.7 Å². The van der Waals surface area contributed by atoms with Crippen LogP contribution in [0.15, 0.2) is 18.2 Å². The second-order valence-electron chi connectivity index (χ2n) is 5.28. The van der Waals surface area contributed by atoms with E-state index in [1.165, 1.54) is 32.4 Å². The Balaban J connectivity index is 1.88. The molecule has 0 amide bonds. The molecule has 0 aliphatic carbocycles. The van der Waals surface area contributed by atoms with Crippen molar-refractivity contribution in [3.8, 4) is 5.75 Å². The van der Waals surface area contributed by atoms with Crippen LogP contribution in [0.2, 0.25) is 0 Å². The summed E-state index contributed by atoms with van der Waals surface area (Å²) in [6.45, 7) is 3.29. The Labute approximate surface area is 114 Å². The lowest BCUT2D eigenvalue weighted by molar-refractivity contribution is 0.371. The third kappa shape index (κ3) is 4.10. The van der Waals surface area contributed by atoms with Crippen molar-refractivity contribution in [2.24, 2.45) is 0 Å². The van der Waals surface area contributed by atoms with E-state index >= 15 is 0 Å². The first kappa shape index (κ1) is 14.1. The van der Waals surface area contributed by atoms with Gasteiger partial charge in [0.25, 0.3) is 0 Å². The summed E-state index contributed by atoms with van der Waals surface area (Å²) in [5.41, 5.74) is 0.904. The maximum Gasteiger partial charge on any atom is 0.165 e. The van der Waals surface area contributed by atoms with Crippen molar-refractivity contribution in [2.75, 3.05) is 19.0 Å². The average Bonchev–Trinajstić information content (AvgIpc) is 2.42. The maximum absolute atomic E-state index is 13.3. The van der Waals surface area contributed by atoms with Crippen molar-refractivity contribution >= 4 is 5.69 Å². The third-order valence-electron chi connectivity index (χ3n) is 3.61. The Kier molecular flexibility index (Phi) is 5.02. The van der Waals surface area contributed by atoms with E-state index in [-0.39, 0.29) is 11.6 Å². The van der Waals surface area contributed by atoms with Crippen LogP contribution in [0.4, 0.5) is 10.1 Å². The largest absolute Gasteiger partial charge is 0.494 e. The Morgan fingerprint density at radius 2 is 2.32 bits per heavy atom. The highest BCUT2D eigenvalue weighted by Gasteiger charge is 2.16. The zero-order valence-electron chi connectivity index (χ0n) is 11.7. The fourth-order valence-corrected chi connectivity index (χ4v) is 2.64. The van der Waals surface area contributed by atoms with Gasteiger partial charge in [0, 0.05) is 23.8 Å². The number of halogens is 1. The predicted octanol–water partition coefficient (Wildman–Crippen LogP) is 3.17. The van der Waals surface area contributed by atoms with Gasteiger partial charge >= 0.3 is 0 Å². The van der Waals surface area contributed by atoms with Crippen LogP contribution < -0.4 is 15.4 Å². The zero-order chi connectivity index (χ0) is 13.7. The number of methoxy groups -OCH3 is 1. The Morgan fingerprint density at radius 3 is 3.00 bits per heavy atom. The molecule has 19 heavy (non-hydrogen) atoms. The van der Waals surface area contributed by atoms with Gasteiger partial charge in [-0.1, -0.05) is 6.42 Å². The molecule has 0 aromatic heterocycles. The summed E-state index contributed by atoms with van der Waals surface area (Å²) in [4.78, 5) is 0. The maximum atomic E-state index is 13.3. The van der Waals surface area contributed by atoms with Crippen LogP contribution in [0.3, 0.4) is 0 Å². The van der Waals surface area contributed by atoms with Gasteiger partial charge in [-0.3, -0.25) is 0 Å². The molecule has 106 valence electrons. The summed E-state index contributed by atoms with van der Waals surface area (Å²) in [7, 11) is 1.48. The first-order valence-electron chi connectivity index (χ1n) is 7.02. The molecule has 1 fully saturated rings. The summed E-state index contributed by atoms with van der Waals surface area (Å²) in [6, 6.07) is 5.85. The highest BCUT2D eigenvalue weighted by Crippen LogP contribution is 2.23. The monoisotopic (exact) mass is 266 g/mol. The molecule has 1 aliphatic heterocycles. The van der Waals surface area contributed by atoms with Crippen molar-refractivity contribution in [1.29, 1.82) is 0 Å². The molecule has 1 saturated heterocycles. The molecule has 2 rings (SSSR count). The topological polar surface area (TPSA) is 33.3 Å². The van der Waals surface area contributed by atoms with E-state index in [2.05, 4.69) is 17.6 Å². The number of ether oxygens (including phenoxy) is 1. The van der Waals surface area contributed by atoms with Crippen molar-refractivity contribution < 1.29 is 9.13 Å². The molecule has 1 aliphatic rings. The molecule has 2 atom stereocenters. The van der Waals surface area contributed by atoms with Crippen molar-refractivity contribution in [3.05, 3.63) is 24.0 Å². The zero-order valence-corrected chi connectivity index (χ0v) is 11.7. The van der Waals surface area contributed by atoms with Gasteiger partial charge in [0.1, 0.15) is 0 Å². The van der Waals surface area contributed by atoms with Crippen LogP contribution in [0.5, 0.6) is 5.75 Å². The van der Waals surface area contributed by atoms with E-state index in [4.69, 9.17) is 4.74 Å². The molecule has 0 saturated carbocycles. The van der Waals surface area contributed by atoms with Crippen LogP contribution in [-0.4, -0.2) is 25.7 Å². The summed E-state index contributed by atoms with van der Waals surface area (Å²) in [5.74, 6) is -0.0392. The minimum Gasteiger partial charge on any atom is -0.494 e. The second kappa shape index (κ2) is 6.75. The summed E-state index contributed by atoms with van der Waals surface area (Å²) in [6.07, 6.45) is 4.93. The summed E-state index contributed by atoms with van der Waals surface area (Å²) >= 11 is 0. The summed E-state index contributed by atoms with van der Waals surface area (Å²) in [5, 5.41) is 6.95. The van der Waals surface area contributed by atoms with Gasteiger partial charge in [-0.2, -0.15) is 0 Å². The molecule has 1 aromatic rings. The number of nitrogens with one attached hydrogen (secondary N) is 2. The van der Waals surface area contributed by atoms with Gasteiger partial charge in [-0.05, 0) is 44.9 Å². The number of hydrogen-bond acceptors (Lipinski definition) is 3. The average molecular weight is 266 g/mol. The number of rotatable bonds is 5. The van der Waals surface area contributed by atoms with Gasteiger partial charge in [-0.25, -0.2) is 4.39 Å². The number of benzene rings is 1. The van der Waals surface area contributed by atoms with Gasteiger partial charge in [0.2, 0.25) is 0 Å². The van der Waals surface area contributed by atoms with Crippen LogP contribution in [0, 0.1) is 5.82 Å². The van der Waals surface area contributed by atoms with Crippen LogP contribution in [-0.2, 0) is 0 Å². The SMILES string of the molecule is COc1cc(NC(C)CC2CCCCN2)ccc1F. The fourth-order valence-electron chi connectivity index (χ4n) is 2.64. The molecule has 0 spiro atoms. The molecule has 4 heteroatoms. The van der Waals surface area contributed by atoms with E-state index in [0.717, 1.165) is 18.7 Å². The quantitative estimate of drug-likeness (QED) is 0.859. The first-order chi connectivity index (χ1) is 9.19. The van der Waals surface area contributed by atoms with Crippen LogP contribution in [0.25, 0.3) is 0 Å². The second-order valence-corrected chi connectivity index (χ2v) is 5.28. The molecule has 0 bridgehead atoms. The molecule has 0 radical (unpaired) electrons. The minimum atomic E-state index is -0.324. The van der Waals surface area contributed by atoms with E-state index in [1.54, 1.807) is 12.1 Å². The molecule has 2 N–H and O–H groups in total. The Morgan fingerprint density at radius 1 is 1.47 bits per heavy atom. The van der Waals surface area contributed by atoms with E-state index in [9.17, 15) is 4.39 Å². The van der Waals surface area contributed by atoms with Gasteiger partial charge in [0.05, 0.1) is 7.11 Å². The van der Waals surface area contributed by atoms with Crippen molar-refractivity contribution in [1.82, 2.24) is 5.32 Å². The smallest absolute Gasteiger partial charge is 0.165 e. The number of anilines is 1. The fraction of sp³-hybridized carbons (Fsp3) is 0.600. The minimum absolute atomic E-state index is 0.285. The van der Waals surface area contributed by atoms with Gasteiger partial charge in [-0.15, -0.1) is 0 Å². The molecule has 1 heterocycles. The van der Waals surface area contributed by atoms with E-state index in [0.29, 0.717) is 12.1 Å². The third-order valence-corrected chi connectivity index (χ3v) is 3.61. The first-order valence-corrected chi connectivity index (χ1v) is 7.02. The van der Waals surface area contributed by atoms with E-state index in [1.807, 2.05) is 0 Å². The number of piperidine rings is 1. The Hall–Kier alpha value is -1.29. The van der Waals surface area contributed by atoms with Crippen LogP contribution in [0.1, 0.15) is 32.6 Å². The van der Waals surface area contributed by atoms with E-state index < -0.39 is 0 Å². The molecular formula is C15H23FN2O. The predicted molar refractivity (Wildman–Crippen MR) is 76.3 cm³/mol. The van der Waals surface area contributed by atoms with Gasteiger partial charge < -0.3 is 15.4 Å². The van der Waals surface area contributed by atoms with Gasteiger partial charge in [0.15, 0.2) is 11.6 Å². The highest BCUT2D eigenvalue weighted by molar-refractivity contribution is 5.49. The molecule has 2 unspecified atom stereocenters. The highest BCUT2D eigenvalue weighted by atomic mass is 19.1. The van der Waals surface area contributed by atoms with Crippen molar-refractivity contribution in [3.63, 3.8) is 0 Å². The summed E-state index contributed by atoms with van der Waals surface area (Å²) < 4.78 is 18.3.